The lowest BCUT2D eigenvalue weighted by molar-refractivity contribution is -0.139. The monoisotopic (exact) mass is 411 g/mol. The zero-order valence-electron chi connectivity index (χ0n) is 16.9. The molecule has 0 bridgehead atoms. The van der Waals surface area contributed by atoms with Gasteiger partial charge < -0.3 is 13.9 Å². The van der Waals surface area contributed by atoms with E-state index in [1.54, 1.807) is 19.1 Å². The summed E-state index contributed by atoms with van der Waals surface area (Å²) in [6, 6.07) is 10.2. The molecule has 6 nitrogen and oxygen atoms in total. The molecule has 0 N–H and O–H groups in total. The van der Waals surface area contributed by atoms with Crippen LogP contribution in [-0.4, -0.2) is 31.3 Å². The summed E-state index contributed by atoms with van der Waals surface area (Å²) < 4.78 is 29.3. The van der Waals surface area contributed by atoms with Gasteiger partial charge in [-0.1, -0.05) is 12.1 Å². The Kier molecular flexibility index (Phi) is 5.55. The van der Waals surface area contributed by atoms with Crippen molar-refractivity contribution >= 4 is 16.9 Å². The van der Waals surface area contributed by atoms with Crippen molar-refractivity contribution in [2.45, 2.75) is 26.3 Å². The van der Waals surface area contributed by atoms with Gasteiger partial charge in [-0.3, -0.25) is 9.69 Å². The van der Waals surface area contributed by atoms with Gasteiger partial charge in [-0.15, -0.1) is 0 Å². The topological polar surface area (TPSA) is 69.0 Å². The third kappa shape index (κ3) is 3.93. The molecule has 30 heavy (non-hydrogen) atoms. The van der Waals surface area contributed by atoms with Crippen molar-refractivity contribution in [2.24, 2.45) is 0 Å². The Morgan fingerprint density at radius 3 is 2.70 bits per heavy atom. The summed E-state index contributed by atoms with van der Waals surface area (Å²) in [5.74, 6) is -0.0563. The van der Waals surface area contributed by atoms with Crippen LogP contribution in [0.3, 0.4) is 0 Å². The van der Waals surface area contributed by atoms with Gasteiger partial charge in [0, 0.05) is 18.5 Å². The van der Waals surface area contributed by atoms with Gasteiger partial charge in [0.05, 0.1) is 24.7 Å². The van der Waals surface area contributed by atoms with Gasteiger partial charge in [0.25, 0.3) is 0 Å². The van der Waals surface area contributed by atoms with Gasteiger partial charge in [0.2, 0.25) is 0 Å². The summed E-state index contributed by atoms with van der Waals surface area (Å²) in [7, 11) is 1.29. The summed E-state index contributed by atoms with van der Waals surface area (Å²) in [6.45, 7) is 3.50. The zero-order valence-corrected chi connectivity index (χ0v) is 16.9. The second kappa shape index (κ2) is 8.28. The van der Waals surface area contributed by atoms with E-state index in [0.717, 1.165) is 22.9 Å². The van der Waals surface area contributed by atoms with Crippen LogP contribution in [0.5, 0.6) is 5.75 Å². The molecule has 0 fully saturated rings. The van der Waals surface area contributed by atoms with Crippen molar-refractivity contribution in [3.63, 3.8) is 0 Å². The highest BCUT2D eigenvalue weighted by atomic mass is 19.1. The molecule has 0 atom stereocenters. The number of carbonyl (C=O) groups excluding carboxylic acids is 1. The number of hydrogen-bond acceptors (Lipinski definition) is 6. The lowest BCUT2D eigenvalue weighted by Crippen LogP contribution is -2.33. The molecule has 0 spiro atoms. The first-order valence-electron chi connectivity index (χ1n) is 9.71. The van der Waals surface area contributed by atoms with Crippen molar-refractivity contribution in [3.05, 3.63) is 74.9 Å². The minimum atomic E-state index is -0.540. The average molecular weight is 411 g/mol. The quantitative estimate of drug-likeness (QED) is 0.474. The summed E-state index contributed by atoms with van der Waals surface area (Å²) in [4.78, 5) is 26.3. The Balaban J connectivity index is 1.61. The number of carbonyl (C=O) groups is 1. The molecule has 0 unspecified atom stereocenters. The number of aryl methyl sites for hydroxylation is 1. The van der Waals surface area contributed by atoms with Crippen LogP contribution >= 0.6 is 0 Å². The molecule has 2 heterocycles. The van der Waals surface area contributed by atoms with Gasteiger partial charge in [-0.05, 0) is 48.7 Å². The van der Waals surface area contributed by atoms with Crippen molar-refractivity contribution < 1.29 is 23.1 Å². The highest BCUT2D eigenvalue weighted by Crippen LogP contribution is 2.33. The van der Waals surface area contributed by atoms with Crippen molar-refractivity contribution in [2.75, 3.05) is 20.4 Å². The number of ether oxygens (including phenoxy) is 2. The third-order valence-corrected chi connectivity index (χ3v) is 5.48. The standard InChI is InChI=1S/C23H22FNO5/c1-14-17-7-8-20-19(22(17)30-23(27)18(14)11-21(26)28-2)12-25(13-29-20)10-9-15-3-5-16(24)6-4-15/h3-8H,9-13H2,1-2H3. The lowest BCUT2D eigenvalue weighted by atomic mass is 10.00. The largest absolute Gasteiger partial charge is 0.478 e. The first-order valence-corrected chi connectivity index (χ1v) is 9.71. The van der Waals surface area contributed by atoms with Crippen molar-refractivity contribution in [1.29, 1.82) is 0 Å². The van der Waals surface area contributed by atoms with E-state index in [1.807, 2.05) is 12.1 Å². The number of esters is 1. The number of fused-ring (bicyclic) bond motifs is 3. The lowest BCUT2D eigenvalue weighted by Gasteiger charge is -2.29. The molecule has 7 heteroatoms. The molecular weight excluding hydrogens is 389 g/mol. The van der Waals surface area contributed by atoms with Crippen LogP contribution in [0.25, 0.3) is 11.0 Å². The van der Waals surface area contributed by atoms with Gasteiger partial charge in [0.1, 0.15) is 23.9 Å². The van der Waals surface area contributed by atoms with Crippen LogP contribution < -0.4 is 10.4 Å². The van der Waals surface area contributed by atoms with E-state index in [1.165, 1.54) is 19.2 Å². The number of hydrogen-bond donors (Lipinski definition) is 0. The second-order valence-corrected chi connectivity index (χ2v) is 7.37. The molecule has 0 aliphatic carbocycles. The Morgan fingerprint density at radius 2 is 1.97 bits per heavy atom. The molecular formula is C23H22FNO5. The van der Waals surface area contributed by atoms with Crippen molar-refractivity contribution in [1.82, 2.24) is 4.90 Å². The molecule has 3 aromatic rings. The molecule has 156 valence electrons. The maximum Gasteiger partial charge on any atom is 0.340 e. The maximum absolute atomic E-state index is 13.1. The molecule has 1 aromatic heterocycles. The van der Waals surface area contributed by atoms with E-state index in [9.17, 15) is 14.0 Å². The highest BCUT2D eigenvalue weighted by molar-refractivity contribution is 5.87. The fraction of sp³-hybridized carbons (Fsp3) is 0.304. The normalized spacial score (nSPS) is 13.7. The van der Waals surface area contributed by atoms with Crippen LogP contribution in [0.15, 0.2) is 45.6 Å². The Hall–Kier alpha value is -3.19. The molecule has 1 aliphatic heterocycles. The number of benzene rings is 2. The predicted octanol–water partition coefficient (Wildman–Crippen LogP) is 3.35. The van der Waals surface area contributed by atoms with E-state index in [2.05, 4.69) is 9.64 Å². The molecule has 0 radical (unpaired) electrons. The fourth-order valence-electron chi connectivity index (χ4n) is 3.71. The third-order valence-electron chi connectivity index (χ3n) is 5.48. The number of halogens is 1. The van der Waals surface area contributed by atoms with Crippen molar-refractivity contribution in [3.8, 4) is 5.75 Å². The molecule has 2 aromatic carbocycles. The summed E-state index contributed by atoms with van der Waals surface area (Å²) in [5.41, 5.74) is 2.80. The van der Waals surface area contributed by atoms with Crippen LogP contribution in [0.2, 0.25) is 0 Å². The van der Waals surface area contributed by atoms with E-state index in [-0.39, 0.29) is 12.2 Å². The van der Waals surface area contributed by atoms with Gasteiger partial charge in [-0.2, -0.15) is 0 Å². The minimum Gasteiger partial charge on any atom is -0.478 e. The maximum atomic E-state index is 13.1. The number of methoxy groups -OCH3 is 1. The van der Waals surface area contributed by atoms with E-state index < -0.39 is 11.6 Å². The first-order chi connectivity index (χ1) is 14.5. The summed E-state index contributed by atoms with van der Waals surface area (Å²) >= 11 is 0. The van der Waals surface area contributed by atoms with E-state index in [4.69, 9.17) is 9.15 Å². The molecule has 0 amide bonds. The zero-order chi connectivity index (χ0) is 21.3. The van der Waals surface area contributed by atoms with E-state index in [0.29, 0.717) is 42.3 Å². The van der Waals surface area contributed by atoms with Gasteiger partial charge in [0.15, 0.2) is 0 Å². The fourth-order valence-corrected chi connectivity index (χ4v) is 3.71. The van der Waals surface area contributed by atoms with Gasteiger partial charge >= 0.3 is 11.6 Å². The van der Waals surface area contributed by atoms with Gasteiger partial charge in [-0.25, -0.2) is 9.18 Å². The van der Waals surface area contributed by atoms with Crippen LogP contribution in [0, 0.1) is 12.7 Å². The molecule has 1 aliphatic rings. The van der Waals surface area contributed by atoms with Crippen LogP contribution in [-0.2, 0) is 28.9 Å². The summed E-state index contributed by atoms with van der Waals surface area (Å²) in [5, 5.41) is 0.774. The SMILES string of the molecule is COC(=O)Cc1c(C)c2ccc3c(c2oc1=O)CN(CCc1ccc(F)cc1)CO3. The van der Waals surface area contributed by atoms with E-state index >= 15 is 0 Å². The number of nitrogens with zero attached hydrogens (tertiary/aromatic N) is 1. The Morgan fingerprint density at radius 1 is 1.20 bits per heavy atom. The minimum absolute atomic E-state index is 0.127. The van der Waals surface area contributed by atoms with Crippen LogP contribution in [0.1, 0.15) is 22.3 Å². The molecule has 0 saturated carbocycles. The highest BCUT2D eigenvalue weighted by Gasteiger charge is 2.24. The predicted molar refractivity (Wildman–Crippen MR) is 109 cm³/mol. The summed E-state index contributed by atoms with van der Waals surface area (Å²) in [6.07, 6.45) is 0.619. The molecule has 4 rings (SSSR count). The van der Waals surface area contributed by atoms with Crippen LogP contribution in [0.4, 0.5) is 4.39 Å². The average Bonchev–Trinajstić information content (AvgIpc) is 2.75. The first kappa shape index (κ1) is 20.1. The number of rotatable bonds is 5. The second-order valence-electron chi connectivity index (χ2n) is 7.37. The molecule has 0 saturated heterocycles. The smallest absolute Gasteiger partial charge is 0.340 e. The Bertz CT molecular complexity index is 1150. The Labute approximate surface area is 172 Å².